The molecule has 0 radical (unpaired) electrons. The van der Waals surface area contributed by atoms with Crippen molar-refractivity contribution in [2.75, 3.05) is 20.2 Å². The normalized spacial score (nSPS) is 16.8. The van der Waals surface area contributed by atoms with Crippen molar-refractivity contribution in [1.82, 2.24) is 19.9 Å². The number of hydrogen-bond acceptors (Lipinski definition) is 6. The summed E-state index contributed by atoms with van der Waals surface area (Å²) in [4.78, 5) is 26.4. The molecule has 1 atom stereocenters. The summed E-state index contributed by atoms with van der Waals surface area (Å²) >= 11 is 0. The van der Waals surface area contributed by atoms with Crippen molar-refractivity contribution in [1.29, 1.82) is 0 Å². The predicted octanol–water partition coefficient (Wildman–Crippen LogP) is 4.01. The number of likely N-dealkylation sites (tertiary alicyclic amines) is 1. The number of aromatic nitrogens is 3. The van der Waals surface area contributed by atoms with E-state index in [0.29, 0.717) is 5.82 Å². The zero-order chi connectivity index (χ0) is 22.5. The van der Waals surface area contributed by atoms with E-state index in [1.54, 1.807) is 25.6 Å². The number of nitrogens with zero attached hydrogens (tertiary/aromatic N) is 3. The quantitative estimate of drug-likeness (QED) is 0.605. The minimum Gasteiger partial charge on any atom is -0.493 e. The van der Waals surface area contributed by atoms with Crippen molar-refractivity contribution >= 4 is 0 Å². The van der Waals surface area contributed by atoms with Crippen LogP contribution in [0.1, 0.15) is 43.9 Å². The van der Waals surface area contributed by atoms with Gasteiger partial charge in [0.25, 0.3) is 5.56 Å². The van der Waals surface area contributed by atoms with Crippen LogP contribution < -0.4 is 15.0 Å². The van der Waals surface area contributed by atoms with E-state index in [4.69, 9.17) is 14.5 Å². The van der Waals surface area contributed by atoms with Crippen LogP contribution in [0.5, 0.6) is 11.5 Å². The summed E-state index contributed by atoms with van der Waals surface area (Å²) in [5, 5.41) is 0. The molecule has 0 spiro atoms. The lowest BCUT2D eigenvalue weighted by atomic mass is 9.94. The first-order valence-corrected chi connectivity index (χ1v) is 11.1. The van der Waals surface area contributed by atoms with E-state index >= 15 is 0 Å². The predicted molar refractivity (Wildman–Crippen MR) is 124 cm³/mol. The maximum atomic E-state index is 12.3. The van der Waals surface area contributed by atoms with Gasteiger partial charge in [-0.2, -0.15) is 0 Å². The van der Waals surface area contributed by atoms with E-state index in [0.717, 1.165) is 55.2 Å². The molecule has 1 saturated heterocycles. The highest BCUT2D eigenvalue weighted by atomic mass is 16.5. The molecule has 3 aromatic rings. The molecule has 1 aliphatic heterocycles. The summed E-state index contributed by atoms with van der Waals surface area (Å²) in [6.07, 6.45) is 5.57. The van der Waals surface area contributed by atoms with Gasteiger partial charge < -0.3 is 14.5 Å². The van der Waals surface area contributed by atoms with Crippen LogP contribution in [-0.2, 0) is 6.54 Å². The molecule has 7 nitrogen and oxygen atoms in total. The second-order valence-corrected chi connectivity index (χ2v) is 8.48. The molecular formula is C25H30N4O3. The minimum atomic E-state index is -0.121. The van der Waals surface area contributed by atoms with E-state index in [9.17, 15) is 4.79 Å². The fourth-order valence-corrected chi connectivity index (χ4v) is 4.20. The topological polar surface area (TPSA) is 80.3 Å². The third-order valence-corrected chi connectivity index (χ3v) is 5.64. The average molecular weight is 435 g/mol. The maximum absolute atomic E-state index is 12.3. The van der Waals surface area contributed by atoms with Crippen molar-refractivity contribution in [3.63, 3.8) is 0 Å². The van der Waals surface area contributed by atoms with Gasteiger partial charge in [-0.25, -0.2) is 4.98 Å². The van der Waals surface area contributed by atoms with Crippen LogP contribution in [0.25, 0.3) is 11.4 Å². The Bertz CT molecular complexity index is 1100. The van der Waals surface area contributed by atoms with Crippen LogP contribution >= 0.6 is 0 Å². The first kappa shape index (κ1) is 22.0. The van der Waals surface area contributed by atoms with Crippen LogP contribution in [0.4, 0.5) is 0 Å². The number of nitrogens with one attached hydrogen (secondary N) is 1. The fraction of sp³-hybridized carbons (Fsp3) is 0.400. The number of rotatable bonds is 7. The molecule has 0 aliphatic carbocycles. The molecule has 0 saturated carbocycles. The first-order valence-electron chi connectivity index (χ1n) is 11.1. The zero-order valence-electron chi connectivity index (χ0n) is 18.9. The Morgan fingerprint density at radius 2 is 1.97 bits per heavy atom. The number of pyridine rings is 1. The number of H-pyrrole nitrogens is 1. The summed E-state index contributed by atoms with van der Waals surface area (Å²) in [7, 11) is 1.66. The molecule has 1 aromatic carbocycles. The van der Waals surface area contributed by atoms with Gasteiger partial charge in [-0.1, -0.05) is 6.07 Å². The van der Waals surface area contributed by atoms with Crippen molar-refractivity contribution in [3.8, 4) is 22.9 Å². The molecule has 1 unspecified atom stereocenters. The van der Waals surface area contributed by atoms with E-state index in [-0.39, 0.29) is 17.6 Å². The highest BCUT2D eigenvalue weighted by Crippen LogP contribution is 2.31. The molecular weight excluding hydrogens is 404 g/mol. The number of hydrogen-bond donors (Lipinski definition) is 1. The third-order valence-electron chi connectivity index (χ3n) is 5.64. The molecule has 1 N–H and O–H groups in total. The third kappa shape index (κ3) is 5.34. The van der Waals surface area contributed by atoms with Gasteiger partial charge in [0.15, 0.2) is 11.5 Å². The second-order valence-electron chi connectivity index (χ2n) is 8.48. The fourth-order valence-electron chi connectivity index (χ4n) is 4.20. The smallest absolute Gasteiger partial charge is 0.251 e. The van der Waals surface area contributed by atoms with Crippen LogP contribution in [0.15, 0.2) is 53.6 Å². The molecule has 7 heteroatoms. The molecule has 32 heavy (non-hydrogen) atoms. The largest absolute Gasteiger partial charge is 0.493 e. The standard InChI is InChI=1S/C25H30N4O3/c1-17(2)32-23-13-18(6-7-22(23)31-3)15-29-12-4-5-20(16-29)21-14-24(30)28-25(27-21)19-8-10-26-11-9-19/h6-11,13-14,17,20H,4-5,12,15-16H2,1-3H3,(H,27,28,30). The number of aromatic amines is 1. The van der Waals surface area contributed by atoms with Gasteiger partial charge in [0.1, 0.15) is 5.82 Å². The van der Waals surface area contributed by atoms with Gasteiger partial charge in [0.2, 0.25) is 0 Å². The van der Waals surface area contributed by atoms with Crippen molar-refractivity contribution < 1.29 is 9.47 Å². The highest BCUT2D eigenvalue weighted by molar-refractivity contribution is 5.53. The van der Waals surface area contributed by atoms with Crippen LogP contribution in [0.2, 0.25) is 0 Å². The zero-order valence-corrected chi connectivity index (χ0v) is 18.9. The Labute approximate surface area is 188 Å². The monoisotopic (exact) mass is 434 g/mol. The SMILES string of the molecule is COc1ccc(CN2CCCC(c3cc(=O)[nH]c(-c4ccncc4)n3)C2)cc1OC(C)C. The van der Waals surface area contributed by atoms with E-state index in [2.05, 4.69) is 27.0 Å². The summed E-state index contributed by atoms with van der Waals surface area (Å²) < 4.78 is 11.4. The van der Waals surface area contributed by atoms with Gasteiger partial charge in [-0.15, -0.1) is 0 Å². The Morgan fingerprint density at radius 1 is 1.16 bits per heavy atom. The number of benzene rings is 1. The van der Waals surface area contributed by atoms with Crippen LogP contribution in [0, 0.1) is 0 Å². The Hall–Kier alpha value is -3.19. The number of piperidine rings is 1. The van der Waals surface area contributed by atoms with Gasteiger partial charge in [0.05, 0.1) is 18.9 Å². The summed E-state index contributed by atoms with van der Waals surface area (Å²) in [6, 6.07) is 11.5. The van der Waals surface area contributed by atoms with Crippen molar-refractivity contribution in [2.45, 2.75) is 45.3 Å². The Morgan fingerprint density at radius 3 is 2.72 bits per heavy atom. The number of ether oxygens (including phenoxy) is 2. The van der Waals surface area contributed by atoms with Gasteiger partial charge in [-0.3, -0.25) is 14.7 Å². The lowest BCUT2D eigenvalue weighted by Crippen LogP contribution is -2.34. The minimum absolute atomic E-state index is 0.0790. The molecule has 1 aliphatic rings. The van der Waals surface area contributed by atoms with E-state index in [1.807, 2.05) is 32.0 Å². The average Bonchev–Trinajstić information content (AvgIpc) is 2.79. The molecule has 1 fully saturated rings. The van der Waals surface area contributed by atoms with Gasteiger partial charge in [0, 0.05) is 43.0 Å². The second kappa shape index (κ2) is 9.96. The van der Waals surface area contributed by atoms with Gasteiger partial charge in [-0.05, 0) is 63.1 Å². The van der Waals surface area contributed by atoms with E-state index < -0.39 is 0 Å². The molecule has 0 bridgehead atoms. The maximum Gasteiger partial charge on any atom is 0.251 e. The van der Waals surface area contributed by atoms with Crippen LogP contribution in [-0.4, -0.2) is 46.2 Å². The highest BCUT2D eigenvalue weighted by Gasteiger charge is 2.24. The number of methoxy groups -OCH3 is 1. The lowest BCUT2D eigenvalue weighted by Gasteiger charge is -2.32. The molecule has 168 valence electrons. The lowest BCUT2D eigenvalue weighted by molar-refractivity contribution is 0.197. The van der Waals surface area contributed by atoms with E-state index in [1.165, 1.54) is 5.56 Å². The summed E-state index contributed by atoms with van der Waals surface area (Å²) in [6.45, 7) is 6.71. The summed E-state index contributed by atoms with van der Waals surface area (Å²) in [5.74, 6) is 2.33. The Kier molecular flexibility index (Phi) is 6.85. The first-order chi connectivity index (χ1) is 15.5. The van der Waals surface area contributed by atoms with Gasteiger partial charge >= 0.3 is 0 Å². The summed E-state index contributed by atoms with van der Waals surface area (Å²) in [5.41, 5.74) is 2.77. The molecule has 0 amide bonds. The molecule has 3 heterocycles. The van der Waals surface area contributed by atoms with Crippen molar-refractivity contribution in [3.05, 3.63) is 70.4 Å². The van der Waals surface area contributed by atoms with Crippen molar-refractivity contribution in [2.24, 2.45) is 0 Å². The molecule has 2 aromatic heterocycles. The van der Waals surface area contributed by atoms with Crippen LogP contribution in [0.3, 0.4) is 0 Å². The Balaban J connectivity index is 1.51. The molecule has 4 rings (SSSR count).